The number of rotatable bonds is 5. The molecule has 3 heterocycles. The van der Waals surface area contributed by atoms with Crippen molar-refractivity contribution in [1.29, 1.82) is 0 Å². The number of fused-ring (bicyclic) bond motifs is 5. The molecule has 0 aliphatic carbocycles. The second-order valence-corrected chi connectivity index (χ2v) is 9.89. The third-order valence-corrected chi connectivity index (χ3v) is 7.39. The van der Waals surface area contributed by atoms with Gasteiger partial charge in [-0.2, -0.15) is 0 Å². The molecule has 5 aromatic rings. The van der Waals surface area contributed by atoms with E-state index in [1.54, 1.807) is 4.57 Å². The molecular weight excluding hydrogens is 462 g/mol. The molecule has 186 valence electrons. The van der Waals surface area contributed by atoms with E-state index in [0.717, 1.165) is 56.9 Å². The number of esters is 1. The van der Waals surface area contributed by atoms with Crippen LogP contribution in [-0.2, 0) is 17.7 Å². The molecule has 6 heteroatoms. The molecule has 0 unspecified atom stereocenters. The van der Waals surface area contributed by atoms with Crippen LogP contribution in [0.1, 0.15) is 46.7 Å². The summed E-state index contributed by atoms with van der Waals surface area (Å²) in [6.07, 6.45) is 0.891. The molecule has 2 aromatic heterocycles. The van der Waals surface area contributed by atoms with Crippen molar-refractivity contribution in [3.05, 3.63) is 89.6 Å². The van der Waals surface area contributed by atoms with Gasteiger partial charge in [0.15, 0.2) is 0 Å². The Morgan fingerprint density at radius 1 is 0.892 bits per heavy atom. The maximum Gasteiger partial charge on any atom is 0.339 e. The minimum absolute atomic E-state index is 0.0117. The Bertz CT molecular complexity index is 1610. The molecular formula is C31H29N3O3. The average molecular weight is 492 g/mol. The maximum atomic E-state index is 13.5. The van der Waals surface area contributed by atoms with Gasteiger partial charge < -0.3 is 4.74 Å². The largest absolute Gasteiger partial charge is 0.462 e. The first kappa shape index (κ1) is 23.4. The van der Waals surface area contributed by atoms with Gasteiger partial charge >= 0.3 is 5.97 Å². The van der Waals surface area contributed by atoms with E-state index in [2.05, 4.69) is 18.7 Å². The Kier molecular flexibility index (Phi) is 5.97. The molecule has 0 fully saturated rings. The SMILES string of the molecule is CC(C)N1CCc2nc3ccccc3c(C(=O)OCCC(=O)n3c4ccccc4c4ccccc43)c2C1. The lowest BCUT2D eigenvalue weighted by Gasteiger charge is -2.32. The van der Waals surface area contributed by atoms with Crippen molar-refractivity contribution >= 4 is 44.6 Å². The first-order valence-corrected chi connectivity index (χ1v) is 12.9. The summed E-state index contributed by atoms with van der Waals surface area (Å²) in [7, 11) is 0. The fraction of sp³-hybridized carbons (Fsp3) is 0.258. The summed E-state index contributed by atoms with van der Waals surface area (Å²) in [5, 5.41) is 2.87. The summed E-state index contributed by atoms with van der Waals surface area (Å²) in [6.45, 7) is 5.92. The second-order valence-electron chi connectivity index (χ2n) is 9.89. The van der Waals surface area contributed by atoms with Crippen molar-refractivity contribution in [2.45, 2.75) is 39.3 Å². The first-order valence-electron chi connectivity index (χ1n) is 12.9. The van der Waals surface area contributed by atoms with Crippen LogP contribution in [-0.4, -0.2) is 45.5 Å². The standard InChI is InChI=1S/C31H29N3O3/c1-20(2)33-17-15-26-24(19-33)30(23-11-3-6-12-25(23)32-26)31(36)37-18-16-29(35)34-27-13-7-4-9-21(27)22-10-5-8-14-28(22)34/h3-14,20H,15-19H2,1-2H3. The molecule has 6 rings (SSSR count). The van der Waals surface area contributed by atoms with Crippen molar-refractivity contribution in [2.24, 2.45) is 0 Å². The fourth-order valence-electron chi connectivity index (χ4n) is 5.49. The highest BCUT2D eigenvalue weighted by Gasteiger charge is 2.27. The van der Waals surface area contributed by atoms with Gasteiger partial charge in [-0.15, -0.1) is 0 Å². The van der Waals surface area contributed by atoms with Gasteiger partial charge in [0.05, 0.1) is 28.5 Å². The monoisotopic (exact) mass is 491 g/mol. The molecule has 0 bridgehead atoms. The number of carbonyl (C=O) groups excluding carboxylic acids is 2. The highest BCUT2D eigenvalue weighted by atomic mass is 16.5. The number of hydrogen-bond acceptors (Lipinski definition) is 5. The van der Waals surface area contributed by atoms with E-state index in [0.29, 0.717) is 18.2 Å². The van der Waals surface area contributed by atoms with Crippen molar-refractivity contribution < 1.29 is 14.3 Å². The molecule has 3 aromatic carbocycles. The van der Waals surface area contributed by atoms with Gasteiger partial charge in [0.1, 0.15) is 6.61 Å². The van der Waals surface area contributed by atoms with E-state index in [1.807, 2.05) is 72.8 Å². The summed E-state index contributed by atoms with van der Waals surface area (Å²) >= 11 is 0. The summed E-state index contributed by atoms with van der Waals surface area (Å²) in [6, 6.07) is 23.9. The fourth-order valence-corrected chi connectivity index (χ4v) is 5.49. The molecule has 0 N–H and O–H groups in total. The Labute approximate surface area is 215 Å². The second kappa shape index (κ2) is 9.45. The van der Waals surface area contributed by atoms with Gasteiger partial charge in [-0.05, 0) is 32.0 Å². The van der Waals surface area contributed by atoms with Crippen LogP contribution >= 0.6 is 0 Å². The van der Waals surface area contributed by atoms with Crippen molar-refractivity contribution in [2.75, 3.05) is 13.2 Å². The minimum Gasteiger partial charge on any atom is -0.462 e. The van der Waals surface area contributed by atoms with Crippen molar-refractivity contribution in [3.8, 4) is 0 Å². The highest BCUT2D eigenvalue weighted by Crippen LogP contribution is 2.31. The lowest BCUT2D eigenvalue weighted by Crippen LogP contribution is -2.37. The zero-order valence-electron chi connectivity index (χ0n) is 21.1. The predicted molar refractivity (Wildman–Crippen MR) is 146 cm³/mol. The number of carbonyl (C=O) groups is 2. The smallest absolute Gasteiger partial charge is 0.339 e. The lowest BCUT2D eigenvalue weighted by molar-refractivity contribution is 0.0488. The summed E-state index contributed by atoms with van der Waals surface area (Å²) in [5.74, 6) is -0.492. The lowest BCUT2D eigenvalue weighted by atomic mass is 9.95. The van der Waals surface area contributed by atoms with Crippen LogP contribution in [0, 0.1) is 0 Å². The molecule has 37 heavy (non-hydrogen) atoms. The number of hydrogen-bond donors (Lipinski definition) is 0. The van der Waals surface area contributed by atoms with Gasteiger partial charge in [-0.3, -0.25) is 19.2 Å². The van der Waals surface area contributed by atoms with E-state index >= 15 is 0 Å². The molecule has 0 radical (unpaired) electrons. The predicted octanol–water partition coefficient (Wildman–Crippen LogP) is 6.00. The van der Waals surface area contributed by atoms with Crippen LogP contribution in [0.5, 0.6) is 0 Å². The molecule has 1 aliphatic rings. The highest BCUT2D eigenvalue weighted by molar-refractivity contribution is 6.13. The normalized spacial score (nSPS) is 13.9. The minimum atomic E-state index is -0.393. The quantitative estimate of drug-likeness (QED) is 0.282. The number of nitrogens with zero attached hydrogens (tertiary/aromatic N) is 3. The molecule has 6 nitrogen and oxygen atoms in total. The molecule has 0 amide bonds. The molecule has 0 saturated heterocycles. The molecule has 0 saturated carbocycles. The van der Waals surface area contributed by atoms with E-state index < -0.39 is 5.97 Å². The number of para-hydroxylation sites is 3. The van der Waals surface area contributed by atoms with Crippen LogP contribution in [0.15, 0.2) is 72.8 Å². The van der Waals surface area contributed by atoms with Crippen LogP contribution in [0.3, 0.4) is 0 Å². The average Bonchev–Trinajstić information content (AvgIpc) is 3.25. The molecule has 0 spiro atoms. The van der Waals surface area contributed by atoms with Crippen LogP contribution < -0.4 is 0 Å². The Morgan fingerprint density at radius 3 is 2.19 bits per heavy atom. The van der Waals surface area contributed by atoms with Gasteiger partial charge in [0, 0.05) is 53.0 Å². The van der Waals surface area contributed by atoms with Gasteiger partial charge in [-0.1, -0.05) is 54.6 Å². The number of pyridine rings is 1. The first-order chi connectivity index (χ1) is 18.0. The van der Waals surface area contributed by atoms with Crippen LogP contribution in [0.25, 0.3) is 32.7 Å². The maximum absolute atomic E-state index is 13.5. The van der Waals surface area contributed by atoms with E-state index in [-0.39, 0.29) is 18.9 Å². The third-order valence-electron chi connectivity index (χ3n) is 7.39. The van der Waals surface area contributed by atoms with Gasteiger partial charge in [-0.25, -0.2) is 4.79 Å². The van der Waals surface area contributed by atoms with Crippen LogP contribution in [0.2, 0.25) is 0 Å². The Morgan fingerprint density at radius 2 is 1.51 bits per heavy atom. The summed E-state index contributed by atoms with van der Waals surface area (Å²) in [4.78, 5) is 34.1. The van der Waals surface area contributed by atoms with E-state index in [1.165, 1.54) is 0 Å². The summed E-state index contributed by atoms with van der Waals surface area (Å²) in [5.41, 5.74) is 5.01. The molecule has 0 atom stereocenters. The van der Waals surface area contributed by atoms with Crippen LogP contribution in [0.4, 0.5) is 0 Å². The van der Waals surface area contributed by atoms with E-state index in [4.69, 9.17) is 9.72 Å². The van der Waals surface area contributed by atoms with Gasteiger partial charge in [0.25, 0.3) is 0 Å². The van der Waals surface area contributed by atoms with Crippen molar-refractivity contribution in [1.82, 2.24) is 14.5 Å². The number of benzene rings is 3. The topological polar surface area (TPSA) is 64.4 Å². The van der Waals surface area contributed by atoms with E-state index in [9.17, 15) is 9.59 Å². The zero-order chi connectivity index (χ0) is 25.5. The number of aromatic nitrogens is 2. The Balaban J connectivity index is 1.28. The zero-order valence-corrected chi connectivity index (χ0v) is 21.1. The van der Waals surface area contributed by atoms with Crippen molar-refractivity contribution in [3.63, 3.8) is 0 Å². The molecule has 1 aliphatic heterocycles. The Hall–Kier alpha value is -4.03. The number of ether oxygens (including phenoxy) is 1. The third kappa shape index (κ3) is 4.07. The summed E-state index contributed by atoms with van der Waals surface area (Å²) < 4.78 is 7.51. The van der Waals surface area contributed by atoms with Gasteiger partial charge in [0.2, 0.25) is 5.91 Å².